The molecule has 6 heteroatoms. The Morgan fingerprint density at radius 2 is 1.81 bits per heavy atom. The van der Waals surface area contributed by atoms with Gasteiger partial charge in [0, 0.05) is 17.5 Å². The van der Waals surface area contributed by atoms with Gasteiger partial charge in [0.05, 0.1) is 25.1 Å². The van der Waals surface area contributed by atoms with Crippen molar-refractivity contribution >= 4 is 29.7 Å². The minimum atomic E-state index is -1.05. The Morgan fingerprint density at radius 1 is 1.11 bits per heavy atom. The molecule has 0 spiro atoms. The summed E-state index contributed by atoms with van der Waals surface area (Å²) in [6, 6.07) is 27.4. The quantitative estimate of drug-likeness (QED) is 0.278. The summed E-state index contributed by atoms with van der Waals surface area (Å²) in [6.07, 6.45) is 3.19. The van der Waals surface area contributed by atoms with E-state index in [0.29, 0.717) is 6.54 Å². The molecular formula is C30H28N2O3S. The van der Waals surface area contributed by atoms with Crippen molar-refractivity contribution in [2.75, 3.05) is 6.61 Å². The predicted molar refractivity (Wildman–Crippen MR) is 142 cm³/mol. The van der Waals surface area contributed by atoms with Crippen LogP contribution in [0.15, 0.2) is 89.8 Å². The average molecular weight is 497 g/mol. The molecule has 1 saturated heterocycles. The number of ether oxygens (including phenoxy) is 1. The van der Waals surface area contributed by atoms with Gasteiger partial charge in [-0.25, -0.2) is 4.79 Å². The van der Waals surface area contributed by atoms with Gasteiger partial charge in [0.25, 0.3) is 0 Å². The van der Waals surface area contributed by atoms with E-state index in [-0.39, 0.29) is 18.9 Å². The van der Waals surface area contributed by atoms with Gasteiger partial charge in [-0.3, -0.25) is 4.79 Å². The second-order valence-corrected chi connectivity index (χ2v) is 10.1. The minimum Gasteiger partial charge on any atom is -0.463 e. The summed E-state index contributed by atoms with van der Waals surface area (Å²) in [5, 5.41) is 10.6. The van der Waals surface area contributed by atoms with E-state index in [1.165, 1.54) is 17.8 Å². The fourth-order valence-corrected chi connectivity index (χ4v) is 5.79. The number of nitrogens with zero attached hydrogens (tertiary/aromatic N) is 2. The van der Waals surface area contributed by atoms with E-state index in [9.17, 15) is 14.9 Å². The monoisotopic (exact) mass is 496 g/mol. The second kappa shape index (κ2) is 11.3. The molecule has 4 rings (SSSR count). The summed E-state index contributed by atoms with van der Waals surface area (Å²) in [5.41, 5.74) is 3.71. The molecule has 2 atom stereocenters. The van der Waals surface area contributed by atoms with Crippen LogP contribution in [0.3, 0.4) is 0 Å². The maximum absolute atomic E-state index is 13.5. The molecule has 1 amide bonds. The van der Waals surface area contributed by atoms with Crippen LogP contribution in [-0.4, -0.2) is 28.1 Å². The van der Waals surface area contributed by atoms with E-state index < -0.39 is 16.8 Å². The summed E-state index contributed by atoms with van der Waals surface area (Å²) < 4.78 is 4.00. The SMILES string of the molecule is CCOC(=O)/C=C/c1ccccc1[C@H]1N(Cc2ccccc2)C(=O)C[C@@]1(C#N)Sc1ccc(C)cc1. The normalized spacial score (nSPS) is 19.4. The molecule has 1 aliphatic heterocycles. The Balaban J connectivity index is 1.81. The van der Waals surface area contributed by atoms with Crippen molar-refractivity contribution in [1.29, 1.82) is 5.26 Å². The lowest BCUT2D eigenvalue weighted by Gasteiger charge is -2.34. The molecule has 0 saturated carbocycles. The van der Waals surface area contributed by atoms with E-state index in [0.717, 1.165) is 27.1 Å². The molecule has 3 aromatic rings. The van der Waals surface area contributed by atoms with E-state index in [1.807, 2.05) is 85.8 Å². The molecule has 5 nitrogen and oxygen atoms in total. The number of aryl methyl sites for hydroxylation is 1. The van der Waals surface area contributed by atoms with Gasteiger partial charge in [0.1, 0.15) is 4.75 Å². The standard InChI is InChI=1S/C30H28N2O3S/c1-3-35-28(34)18-15-24-11-7-8-12-26(24)29-30(21-31,36-25-16-13-22(2)14-17-25)19-27(33)32(29)20-23-9-5-4-6-10-23/h4-18,29H,3,19-20H2,1-2H3/b18-15+/t29-,30+/m1/s1. The molecule has 182 valence electrons. The van der Waals surface area contributed by atoms with Gasteiger partial charge >= 0.3 is 5.97 Å². The van der Waals surface area contributed by atoms with Crippen LogP contribution in [0.25, 0.3) is 6.08 Å². The van der Waals surface area contributed by atoms with Gasteiger partial charge in [-0.15, -0.1) is 11.8 Å². The van der Waals surface area contributed by atoms with Crippen molar-refractivity contribution < 1.29 is 14.3 Å². The second-order valence-electron chi connectivity index (χ2n) is 8.72. The Hall–Kier alpha value is -3.82. The van der Waals surface area contributed by atoms with E-state index >= 15 is 0 Å². The Labute approximate surface area is 216 Å². The van der Waals surface area contributed by atoms with Gasteiger partial charge in [-0.05, 0) is 48.7 Å². The highest BCUT2D eigenvalue weighted by Crippen LogP contribution is 2.53. The Morgan fingerprint density at radius 3 is 2.50 bits per heavy atom. The third kappa shape index (κ3) is 5.53. The van der Waals surface area contributed by atoms with Gasteiger partial charge in [0.2, 0.25) is 5.91 Å². The molecule has 1 aliphatic rings. The molecular weight excluding hydrogens is 468 g/mol. The molecule has 1 fully saturated rings. The van der Waals surface area contributed by atoms with Gasteiger partial charge in [-0.2, -0.15) is 5.26 Å². The fraction of sp³-hybridized carbons (Fsp3) is 0.233. The first-order valence-corrected chi connectivity index (χ1v) is 12.7. The lowest BCUT2D eigenvalue weighted by atomic mass is 9.90. The summed E-state index contributed by atoms with van der Waals surface area (Å²) in [5.74, 6) is -0.509. The fourth-order valence-electron chi connectivity index (χ4n) is 4.49. The maximum Gasteiger partial charge on any atom is 0.330 e. The number of benzene rings is 3. The summed E-state index contributed by atoms with van der Waals surface area (Å²) in [6.45, 7) is 4.45. The number of nitriles is 1. The zero-order valence-electron chi connectivity index (χ0n) is 20.4. The number of thioether (sulfide) groups is 1. The lowest BCUT2D eigenvalue weighted by Crippen LogP contribution is -2.35. The summed E-state index contributed by atoms with van der Waals surface area (Å²) in [7, 11) is 0. The molecule has 3 aromatic carbocycles. The number of rotatable bonds is 8. The third-order valence-corrected chi connectivity index (χ3v) is 7.50. The van der Waals surface area contributed by atoms with Crippen molar-refractivity contribution in [3.8, 4) is 6.07 Å². The molecule has 0 bridgehead atoms. The minimum absolute atomic E-state index is 0.0748. The molecule has 0 aromatic heterocycles. The lowest BCUT2D eigenvalue weighted by molar-refractivity contribution is -0.137. The number of amides is 1. The van der Waals surface area contributed by atoms with Crippen molar-refractivity contribution in [3.63, 3.8) is 0 Å². The van der Waals surface area contributed by atoms with Crippen molar-refractivity contribution in [2.45, 2.75) is 42.5 Å². The highest BCUT2D eigenvalue weighted by atomic mass is 32.2. The maximum atomic E-state index is 13.5. The van der Waals surface area contributed by atoms with Gasteiger partial charge < -0.3 is 9.64 Å². The molecule has 0 aliphatic carbocycles. The number of carbonyl (C=O) groups is 2. The average Bonchev–Trinajstić information content (AvgIpc) is 3.16. The topological polar surface area (TPSA) is 70.4 Å². The van der Waals surface area contributed by atoms with Crippen molar-refractivity contribution in [1.82, 2.24) is 4.90 Å². The van der Waals surface area contributed by atoms with E-state index in [4.69, 9.17) is 4.74 Å². The largest absolute Gasteiger partial charge is 0.463 e. The smallest absolute Gasteiger partial charge is 0.330 e. The van der Waals surface area contributed by atoms with Gasteiger partial charge in [-0.1, -0.05) is 72.3 Å². The van der Waals surface area contributed by atoms with E-state index in [2.05, 4.69) is 6.07 Å². The van der Waals surface area contributed by atoms with Crippen LogP contribution in [-0.2, 0) is 20.9 Å². The van der Waals surface area contributed by atoms with Crippen molar-refractivity contribution in [2.24, 2.45) is 0 Å². The zero-order chi connectivity index (χ0) is 25.5. The molecule has 0 unspecified atom stereocenters. The third-order valence-electron chi connectivity index (χ3n) is 6.17. The number of hydrogen-bond donors (Lipinski definition) is 0. The number of carbonyl (C=O) groups excluding carboxylic acids is 2. The van der Waals surface area contributed by atoms with Crippen LogP contribution in [0.5, 0.6) is 0 Å². The first kappa shape index (κ1) is 25.3. The van der Waals surface area contributed by atoms with E-state index in [1.54, 1.807) is 17.9 Å². The molecule has 0 radical (unpaired) electrons. The molecule has 36 heavy (non-hydrogen) atoms. The van der Waals surface area contributed by atoms with Crippen LogP contribution >= 0.6 is 11.8 Å². The van der Waals surface area contributed by atoms with Crippen molar-refractivity contribution in [3.05, 3.63) is 107 Å². The summed E-state index contributed by atoms with van der Waals surface area (Å²) >= 11 is 1.43. The number of likely N-dealkylation sites (tertiary alicyclic amines) is 1. The van der Waals surface area contributed by atoms with Gasteiger partial charge in [0.15, 0.2) is 0 Å². The first-order chi connectivity index (χ1) is 17.5. The molecule has 1 heterocycles. The summed E-state index contributed by atoms with van der Waals surface area (Å²) in [4.78, 5) is 28.3. The van der Waals surface area contributed by atoms with Crippen LogP contribution in [0.4, 0.5) is 0 Å². The Kier molecular flexibility index (Phi) is 7.92. The van der Waals surface area contributed by atoms with Crippen LogP contribution in [0, 0.1) is 18.3 Å². The number of esters is 1. The zero-order valence-corrected chi connectivity index (χ0v) is 21.2. The highest BCUT2D eigenvalue weighted by molar-refractivity contribution is 8.01. The first-order valence-electron chi connectivity index (χ1n) is 11.9. The Bertz CT molecular complexity index is 1300. The number of hydrogen-bond acceptors (Lipinski definition) is 5. The predicted octanol–water partition coefficient (Wildman–Crippen LogP) is 6.10. The molecule has 0 N–H and O–H groups in total. The van der Waals surface area contributed by atoms with Crippen LogP contribution in [0.2, 0.25) is 0 Å². The van der Waals surface area contributed by atoms with Crippen LogP contribution < -0.4 is 0 Å². The van der Waals surface area contributed by atoms with Crippen LogP contribution in [0.1, 0.15) is 41.6 Å². The highest BCUT2D eigenvalue weighted by Gasteiger charge is 2.54.